The zero-order chi connectivity index (χ0) is 17.2. The Bertz CT molecular complexity index is 628. The lowest BCUT2D eigenvalue weighted by atomic mass is 10.1. The molecule has 0 saturated carbocycles. The lowest BCUT2D eigenvalue weighted by Crippen LogP contribution is -2.12. The smallest absolute Gasteiger partial charge is 0.226 e. The van der Waals surface area contributed by atoms with Crippen molar-refractivity contribution in [2.24, 2.45) is 0 Å². The normalized spacial score (nSPS) is 10.6. The lowest BCUT2D eigenvalue weighted by Gasteiger charge is -2.07. The highest BCUT2D eigenvalue weighted by molar-refractivity contribution is 7.15. The Kier molecular flexibility index (Phi) is 7.64. The van der Waals surface area contributed by atoms with E-state index in [-0.39, 0.29) is 5.91 Å². The SMILES string of the molecule is CCCc1ccc(OCCCC(=O)Nc2nnc(COC)s2)cc1. The van der Waals surface area contributed by atoms with Gasteiger partial charge in [-0.3, -0.25) is 4.79 Å². The van der Waals surface area contributed by atoms with Crippen molar-refractivity contribution in [2.75, 3.05) is 19.0 Å². The fourth-order valence-electron chi connectivity index (χ4n) is 2.13. The molecule has 0 atom stereocenters. The second kappa shape index (κ2) is 10.00. The van der Waals surface area contributed by atoms with E-state index < -0.39 is 0 Å². The first-order valence-corrected chi connectivity index (χ1v) is 8.85. The molecule has 24 heavy (non-hydrogen) atoms. The first-order chi connectivity index (χ1) is 11.7. The number of hydrogen-bond donors (Lipinski definition) is 1. The van der Waals surface area contributed by atoms with E-state index in [9.17, 15) is 4.79 Å². The molecule has 0 aliphatic carbocycles. The highest BCUT2D eigenvalue weighted by Gasteiger charge is 2.08. The monoisotopic (exact) mass is 349 g/mol. The number of carbonyl (C=O) groups is 1. The fraction of sp³-hybridized carbons (Fsp3) is 0.471. The van der Waals surface area contributed by atoms with E-state index in [1.165, 1.54) is 16.9 Å². The van der Waals surface area contributed by atoms with Crippen molar-refractivity contribution in [3.05, 3.63) is 34.8 Å². The third-order valence-electron chi connectivity index (χ3n) is 3.26. The van der Waals surface area contributed by atoms with Gasteiger partial charge in [-0.25, -0.2) is 0 Å². The van der Waals surface area contributed by atoms with Crippen molar-refractivity contribution in [2.45, 2.75) is 39.2 Å². The molecule has 1 aromatic carbocycles. The van der Waals surface area contributed by atoms with E-state index in [2.05, 4.69) is 34.6 Å². The maximum absolute atomic E-state index is 11.8. The fourth-order valence-corrected chi connectivity index (χ4v) is 2.86. The van der Waals surface area contributed by atoms with Crippen LogP contribution >= 0.6 is 11.3 Å². The van der Waals surface area contributed by atoms with E-state index in [1.54, 1.807) is 7.11 Å². The van der Waals surface area contributed by atoms with Gasteiger partial charge in [0, 0.05) is 13.5 Å². The number of aryl methyl sites for hydroxylation is 1. The summed E-state index contributed by atoms with van der Waals surface area (Å²) in [5, 5.41) is 11.8. The van der Waals surface area contributed by atoms with Crippen LogP contribution in [0.25, 0.3) is 0 Å². The number of methoxy groups -OCH3 is 1. The van der Waals surface area contributed by atoms with Crippen molar-refractivity contribution in [3.63, 3.8) is 0 Å². The Balaban J connectivity index is 1.65. The molecule has 6 nitrogen and oxygen atoms in total. The molecule has 0 saturated heterocycles. The third kappa shape index (κ3) is 6.25. The average Bonchev–Trinajstić information content (AvgIpc) is 3.01. The number of benzene rings is 1. The minimum atomic E-state index is -0.0861. The minimum Gasteiger partial charge on any atom is -0.494 e. The Morgan fingerprint density at radius 3 is 2.75 bits per heavy atom. The summed E-state index contributed by atoms with van der Waals surface area (Å²) in [5.41, 5.74) is 1.31. The van der Waals surface area contributed by atoms with Crippen LogP contribution in [-0.4, -0.2) is 29.8 Å². The van der Waals surface area contributed by atoms with E-state index in [4.69, 9.17) is 9.47 Å². The summed E-state index contributed by atoms with van der Waals surface area (Å²) in [6, 6.07) is 8.12. The Morgan fingerprint density at radius 2 is 2.04 bits per heavy atom. The molecule has 0 aliphatic rings. The van der Waals surface area contributed by atoms with Crippen LogP contribution in [0, 0.1) is 0 Å². The molecule has 0 fully saturated rings. The summed E-state index contributed by atoms with van der Waals surface area (Å²) in [4.78, 5) is 11.8. The van der Waals surface area contributed by atoms with Crippen LogP contribution in [-0.2, 0) is 22.6 Å². The number of amides is 1. The highest BCUT2D eigenvalue weighted by atomic mass is 32.1. The van der Waals surface area contributed by atoms with Gasteiger partial charge in [-0.2, -0.15) is 0 Å². The van der Waals surface area contributed by atoms with Crippen LogP contribution in [0.3, 0.4) is 0 Å². The van der Waals surface area contributed by atoms with Gasteiger partial charge in [0.15, 0.2) is 0 Å². The first-order valence-electron chi connectivity index (χ1n) is 8.04. The zero-order valence-electron chi connectivity index (χ0n) is 14.1. The number of nitrogens with zero attached hydrogens (tertiary/aromatic N) is 2. The number of aromatic nitrogens is 2. The second-order valence-electron chi connectivity index (χ2n) is 5.33. The summed E-state index contributed by atoms with van der Waals surface area (Å²) in [5.74, 6) is 0.751. The van der Waals surface area contributed by atoms with Gasteiger partial charge in [0.25, 0.3) is 0 Å². The zero-order valence-corrected chi connectivity index (χ0v) is 14.9. The summed E-state index contributed by atoms with van der Waals surface area (Å²) in [7, 11) is 1.59. The van der Waals surface area contributed by atoms with Gasteiger partial charge >= 0.3 is 0 Å². The summed E-state index contributed by atoms with van der Waals surface area (Å²) < 4.78 is 10.6. The number of nitrogens with one attached hydrogen (secondary N) is 1. The number of anilines is 1. The summed E-state index contributed by atoms with van der Waals surface area (Å²) >= 11 is 1.32. The van der Waals surface area contributed by atoms with Gasteiger partial charge in [-0.1, -0.05) is 36.8 Å². The Labute approximate surface area is 146 Å². The first kappa shape index (κ1) is 18.4. The van der Waals surface area contributed by atoms with Gasteiger partial charge in [0.1, 0.15) is 17.4 Å². The number of hydrogen-bond acceptors (Lipinski definition) is 6. The van der Waals surface area contributed by atoms with E-state index in [0.717, 1.165) is 23.6 Å². The maximum Gasteiger partial charge on any atom is 0.226 e. The average molecular weight is 349 g/mol. The number of carbonyl (C=O) groups excluding carboxylic acids is 1. The lowest BCUT2D eigenvalue weighted by molar-refractivity contribution is -0.116. The van der Waals surface area contributed by atoms with Crippen LogP contribution in [0.5, 0.6) is 5.75 Å². The van der Waals surface area contributed by atoms with Crippen molar-refractivity contribution in [1.29, 1.82) is 0 Å². The topological polar surface area (TPSA) is 73.3 Å². The molecule has 130 valence electrons. The quantitative estimate of drug-likeness (QED) is 0.665. The minimum absolute atomic E-state index is 0.0861. The molecule has 2 rings (SSSR count). The van der Waals surface area contributed by atoms with Crippen LogP contribution in [0.4, 0.5) is 5.13 Å². The molecule has 0 spiro atoms. The van der Waals surface area contributed by atoms with Crippen LogP contribution in [0.15, 0.2) is 24.3 Å². The Morgan fingerprint density at radius 1 is 1.25 bits per heavy atom. The van der Waals surface area contributed by atoms with Crippen molar-refractivity contribution in [3.8, 4) is 5.75 Å². The molecule has 1 N–H and O–H groups in total. The predicted molar refractivity (Wildman–Crippen MR) is 94.4 cm³/mol. The molecule has 7 heteroatoms. The van der Waals surface area contributed by atoms with E-state index in [1.807, 2.05) is 12.1 Å². The second-order valence-corrected chi connectivity index (χ2v) is 6.39. The van der Waals surface area contributed by atoms with Gasteiger partial charge in [0.05, 0.1) is 6.61 Å². The van der Waals surface area contributed by atoms with Gasteiger partial charge in [0.2, 0.25) is 11.0 Å². The molecule has 2 aromatic rings. The standard InChI is InChI=1S/C17H23N3O3S/c1-3-5-13-7-9-14(10-8-13)23-11-4-6-15(21)18-17-20-19-16(24-17)12-22-2/h7-10H,3-6,11-12H2,1-2H3,(H,18,20,21). The van der Waals surface area contributed by atoms with E-state index in [0.29, 0.717) is 31.2 Å². The Hall–Kier alpha value is -1.99. The maximum atomic E-state index is 11.8. The van der Waals surface area contributed by atoms with Crippen LogP contribution < -0.4 is 10.1 Å². The number of rotatable bonds is 10. The van der Waals surface area contributed by atoms with Crippen molar-refractivity contribution >= 4 is 22.4 Å². The van der Waals surface area contributed by atoms with Crippen molar-refractivity contribution in [1.82, 2.24) is 10.2 Å². The molecular weight excluding hydrogens is 326 g/mol. The third-order valence-corrected chi connectivity index (χ3v) is 4.07. The molecule has 0 unspecified atom stereocenters. The largest absolute Gasteiger partial charge is 0.494 e. The van der Waals surface area contributed by atoms with Crippen LogP contribution in [0.1, 0.15) is 36.8 Å². The predicted octanol–water partition coefficient (Wildman–Crippen LogP) is 3.43. The molecule has 0 aliphatic heterocycles. The van der Waals surface area contributed by atoms with Gasteiger partial charge in [-0.05, 0) is 30.5 Å². The summed E-state index contributed by atoms with van der Waals surface area (Å²) in [6.07, 6.45) is 3.24. The van der Waals surface area contributed by atoms with E-state index >= 15 is 0 Å². The molecule has 1 amide bonds. The highest BCUT2D eigenvalue weighted by Crippen LogP contribution is 2.16. The molecule has 0 bridgehead atoms. The molecule has 0 radical (unpaired) electrons. The summed E-state index contributed by atoms with van der Waals surface area (Å²) in [6.45, 7) is 3.07. The number of ether oxygens (including phenoxy) is 2. The van der Waals surface area contributed by atoms with Gasteiger partial charge in [-0.15, -0.1) is 10.2 Å². The van der Waals surface area contributed by atoms with Crippen LogP contribution in [0.2, 0.25) is 0 Å². The molecule has 1 heterocycles. The van der Waals surface area contributed by atoms with Gasteiger partial charge < -0.3 is 14.8 Å². The van der Waals surface area contributed by atoms with Crippen molar-refractivity contribution < 1.29 is 14.3 Å². The molecular formula is C17H23N3O3S. The molecule has 1 aromatic heterocycles.